The van der Waals surface area contributed by atoms with Gasteiger partial charge in [-0.3, -0.25) is 9.59 Å². The van der Waals surface area contributed by atoms with Crippen molar-refractivity contribution in [2.75, 3.05) is 13.1 Å². The molecule has 1 fully saturated rings. The number of likely N-dealkylation sites (tertiary alicyclic amines) is 1. The van der Waals surface area contributed by atoms with E-state index in [1.807, 2.05) is 30.3 Å². The number of nitrogens with one attached hydrogen (secondary N) is 1. The molecule has 1 aliphatic rings. The van der Waals surface area contributed by atoms with Gasteiger partial charge in [0.15, 0.2) is 5.78 Å². The molecule has 1 atom stereocenters. The summed E-state index contributed by atoms with van der Waals surface area (Å²) in [7, 11) is 0. The molecule has 0 saturated carbocycles. The van der Waals surface area contributed by atoms with Crippen molar-refractivity contribution in [3.8, 4) is 0 Å². The van der Waals surface area contributed by atoms with Gasteiger partial charge in [-0.25, -0.2) is 4.79 Å². The van der Waals surface area contributed by atoms with Crippen LogP contribution in [0.1, 0.15) is 50.9 Å². The van der Waals surface area contributed by atoms with Crippen LogP contribution >= 0.6 is 0 Å². The van der Waals surface area contributed by atoms with Gasteiger partial charge in [0.1, 0.15) is 11.6 Å². The van der Waals surface area contributed by atoms with Crippen LogP contribution in [0.2, 0.25) is 0 Å². The minimum Gasteiger partial charge on any atom is -0.444 e. The van der Waals surface area contributed by atoms with Crippen molar-refractivity contribution in [2.24, 2.45) is 5.92 Å². The molecule has 1 aromatic carbocycles. The van der Waals surface area contributed by atoms with Crippen LogP contribution in [0.3, 0.4) is 0 Å². The molecule has 26 heavy (non-hydrogen) atoms. The molecule has 1 heterocycles. The Morgan fingerprint density at radius 1 is 1.12 bits per heavy atom. The van der Waals surface area contributed by atoms with E-state index in [9.17, 15) is 14.4 Å². The molecule has 0 bridgehead atoms. The zero-order chi connectivity index (χ0) is 19.3. The molecule has 0 spiro atoms. The third-order valence-corrected chi connectivity index (χ3v) is 4.34. The predicted octanol–water partition coefficient (Wildman–Crippen LogP) is 3.02. The molecule has 2 amide bonds. The van der Waals surface area contributed by atoms with E-state index in [-0.39, 0.29) is 17.6 Å². The van der Waals surface area contributed by atoms with Gasteiger partial charge in [-0.05, 0) is 40.5 Å². The van der Waals surface area contributed by atoms with E-state index < -0.39 is 17.7 Å². The van der Waals surface area contributed by atoms with Crippen molar-refractivity contribution in [1.82, 2.24) is 10.2 Å². The topological polar surface area (TPSA) is 75.7 Å². The number of nitrogens with zero attached hydrogens (tertiary/aromatic N) is 1. The molecule has 0 aromatic heterocycles. The SMILES string of the molecule is CC(NC(=O)OC(C)(C)C)C(=O)N1CCC(C(=O)c2ccccc2)CC1. The first-order chi connectivity index (χ1) is 12.2. The fraction of sp³-hybridized carbons (Fsp3) is 0.550. The van der Waals surface area contributed by atoms with Gasteiger partial charge >= 0.3 is 6.09 Å². The van der Waals surface area contributed by atoms with Gasteiger partial charge in [-0.1, -0.05) is 30.3 Å². The third-order valence-electron chi connectivity index (χ3n) is 4.34. The number of hydrogen-bond donors (Lipinski definition) is 1. The molecule has 1 unspecified atom stereocenters. The largest absolute Gasteiger partial charge is 0.444 e. The number of ether oxygens (including phenoxy) is 1. The van der Waals surface area contributed by atoms with Gasteiger partial charge in [0.2, 0.25) is 5.91 Å². The summed E-state index contributed by atoms with van der Waals surface area (Å²) in [5.74, 6) is -0.0744. The highest BCUT2D eigenvalue weighted by molar-refractivity contribution is 5.98. The average Bonchev–Trinajstić information content (AvgIpc) is 2.59. The maximum absolute atomic E-state index is 12.5. The number of hydrogen-bond acceptors (Lipinski definition) is 4. The Morgan fingerprint density at radius 3 is 2.23 bits per heavy atom. The number of Topliss-reactive ketones (excluding diaryl/α,β-unsaturated/α-hetero) is 1. The van der Waals surface area contributed by atoms with E-state index in [0.29, 0.717) is 25.9 Å². The van der Waals surface area contributed by atoms with E-state index in [1.54, 1.807) is 32.6 Å². The van der Waals surface area contributed by atoms with E-state index in [0.717, 1.165) is 5.56 Å². The number of rotatable bonds is 4. The minimum absolute atomic E-state index is 0.0597. The number of amides is 2. The summed E-state index contributed by atoms with van der Waals surface area (Å²) in [6.07, 6.45) is 0.671. The Bertz CT molecular complexity index is 644. The minimum atomic E-state index is -0.661. The standard InChI is InChI=1S/C20H28N2O4/c1-14(21-19(25)26-20(2,3)4)18(24)22-12-10-16(11-13-22)17(23)15-8-6-5-7-9-15/h5-9,14,16H,10-13H2,1-4H3,(H,21,25). The van der Waals surface area contributed by atoms with Crippen LogP contribution in [0.15, 0.2) is 30.3 Å². The Labute approximate surface area is 154 Å². The maximum atomic E-state index is 12.5. The number of ketones is 1. The third kappa shape index (κ3) is 5.58. The van der Waals surface area contributed by atoms with Crippen molar-refractivity contribution in [1.29, 1.82) is 0 Å². The van der Waals surface area contributed by atoms with Gasteiger partial charge in [-0.15, -0.1) is 0 Å². The summed E-state index contributed by atoms with van der Waals surface area (Å²) in [4.78, 5) is 38.5. The average molecular weight is 360 g/mol. The molecule has 1 saturated heterocycles. The highest BCUT2D eigenvalue weighted by Crippen LogP contribution is 2.22. The second-order valence-corrected chi connectivity index (χ2v) is 7.70. The Kier molecular flexibility index (Phi) is 6.40. The lowest BCUT2D eigenvalue weighted by Crippen LogP contribution is -2.50. The highest BCUT2D eigenvalue weighted by Gasteiger charge is 2.30. The lowest BCUT2D eigenvalue weighted by Gasteiger charge is -2.33. The lowest BCUT2D eigenvalue weighted by molar-refractivity contribution is -0.134. The molecule has 0 radical (unpaired) electrons. The zero-order valence-corrected chi connectivity index (χ0v) is 16.0. The van der Waals surface area contributed by atoms with E-state index in [4.69, 9.17) is 4.74 Å². The van der Waals surface area contributed by atoms with Crippen LogP contribution < -0.4 is 5.32 Å². The number of carbonyl (C=O) groups is 3. The summed E-state index contributed by atoms with van der Waals surface area (Å²) in [6.45, 7) is 7.99. The molecule has 142 valence electrons. The van der Waals surface area contributed by atoms with Crippen LogP contribution in [0.25, 0.3) is 0 Å². The Balaban J connectivity index is 1.84. The van der Waals surface area contributed by atoms with Crippen molar-refractivity contribution in [3.63, 3.8) is 0 Å². The van der Waals surface area contributed by atoms with Crippen LogP contribution in [0.4, 0.5) is 4.79 Å². The highest BCUT2D eigenvalue weighted by atomic mass is 16.6. The molecule has 6 nitrogen and oxygen atoms in total. The fourth-order valence-electron chi connectivity index (χ4n) is 3.02. The van der Waals surface area contributed by atoms with Crippen molar-refractivity contribution >= 4 is 17.8 Å². The monoisotopic (exact) mass is 360 g/mol. The van der Waals surface area contributed by atoms with Crippen molar-refractivity contribution in [2.45, 2.75) is 52.2 Å². The van der Waals surface area contributed by atoms with E-state index >= 15 is 0 Å². The second kappa shape index (κ2) is 8.34. The molecule has 1 N–H and O–H groups in total. The van der Waals surface area contributed by atoms with Gasteiger partial charge in [0, 0.05) is 24.6 Å². The Morgan fingerprint density at radius 2 is 1.69 bits per heavy atom. The summed E-state index contributed by atoms with van der Waals surface area (Å²) in [5.41, 5.74) is 0.112. The van der Waals surface area contributed by atoms with Gasteiger partial charge < -0.3 is 15.0 Å². The Hall–Kier alpha value is -2.37. The smallest absolute Gasteiger partial charge is 0.408 e. The number of carbonyl (C=O) groups excluding carboxylic acids is 3. The summed E-state index contributed by atoms with van der Waals surface area (Å²) < 4.78 is 5.18. The normalized spacial score (nSPS) is 16.7. The molecular weight excluding hydrogens is 332 g/mol. The van der Waals surface area contributed by atoms with Gasteiger partial charge in [0.25, 0.3) is 0 Å². The van der Waals surface area contributed by atoms with Gasteiger partial charge in [0.05, 0.1) is 0 Å². The number of benzene rings is 1. The van der Waals surface area contributed by atoms with Crippen LogP contribution in [-0.4, -0.2) is 47.4 Å². The number of piperidine rings is 1. The summed E-state index contributed by atoms with van der Waals surface area (Å²) in [6, 6.07) is 8.59. The molecule has 1 aromatic rings. The predicted molar refractivity (Wildman–Crippen MR) is 98.9 cm³/mol. The van der Waals surface area contributed by atoms with Crippen LogP contribution in [-0.2, 0) is 9.53 Å². The van der Waals surface area contributed by atoms with E-state index in [2.05, 4.69) is 5.32 Å². The first kappa shape index (κ1) is 19.9. The van der Waals surface area contributed by atoms with Crippen molar-refractivity contribution < 1.29 is 19.1 Å². The summed E-state index contributed by atoms with van der Waals surface area (Å²) >= 11 is 0. The summed E-state index contributed by atoms with van der Waals surface area (Å²) in [5, 5.41) is 2.57. The fourth-order valence-corrected chi connectivity index (χ4v) is 3.02. The first-order valence-corrected chi connectivity index (χ1v) is 9.05. The quantitative estimate of drug-likeness (QED) is 0.838. The first-order valence-electron chi connectivity index (χ1n) is 9.05. The molecule has 1 aliphatic heterocycles. The van der Waals surface area contributed by atoms with Gasteiger partial charge in [-0.2, -0.15) is 0 Å². The van der Waals surface area contributed by atoms with Crippen molar-refractivity contribution in [3.05, 3.63) is 35.9 Å². The molecular formula is C20H28N2O4. The second-order valence-electron chi connectivity index (χ2n) is 7.70. The number of alkyl carbamates (subject to hydrolysis) is 1. The maximum Gasteiger partial charge on any atom is 0.408 e. The zero-order valence-electron chi connectivity index (χ0n) is 16.0. The molecule has 2 rings (SSSR count). The molecule has 0 aliphatic carbocycles. The van der Waals surface area contributed by atoms with Crippen LogP contribution in [0.5, 0.6) is 0 Å². The van der Waals surface area contributed by atoms with Crippen LogP contribution in [0, 0.1) is 5.92 Å². The lowest BCUT2D eigenvalue weighted by atomic mass is 9.88. The van der Waals surface area contributed by atoms with E-state index in [1.165, 1.54) is 0 Å². The molecule has 6 heteroatoms.